The number of phenols is 1. The molecule has 1 aliphatic rings. The van der Waals surface area contributed by atoms with Gasteiger partial charge in [-0.05, 0) is 69.7 Å². The van der Waals surface area contributed by atoms with Crippen LogP contribution < -0.4 is 5.73 Å². The monoisotopic (exact) mass is 290 g/mol. The first-order chi connectivity index (χ1) is 10.1. The van der Waals surface area contributed by atoms with E-state index in [-0.39, 0.29) is 0 Å². The van der Waals surface area contributed by atoms with E-state index in [1.165, 1.54) is 37.7 Å². The molecule has 1 aliphatic carbocycles. The molecule has 0 aliphatic heterocycles. The fourth-order valence-electron chi connectivity index (χ4n) is 3.57. The molecule has 3 heteroatoms. The Bertz CT molecular complexity index is 410. The molecule has 1 unspecified atom stereocenters. The minimum absolute atomic E-state index is 0.348. The Balaban J connectivity index is 1.85. The van der Waals surface area contributed by atoms with Gasteiger partial charge < -0.3 is 10.8 Å². The van der Waals surface area contributed by atoms with Crippen LogP contribution in [0.4, 0.5) is 0 Å². The number of hydrogen-bond acceptors (Lipinski definition) is 3. The van der Waals surface area contributed by atoms with Crippen molar-refractivity contribution >= 4 is 0 Å². The molecule has 1 atom stereocenters. The maximum atomic E-state index is 9.33. The Labute approximate surface area is 129 Å². The van der Waals surface area contributed by atoms with Gasteiger partial charge in [0.1, 0.15) is 5.75 Å². The molecule has 1 aromatic rings. The highest BCUT2D eigenvalue weighted by Gasteiger charge is 2.26. The van der Waals surface area contributed by atoms with Gasteiger partial charge in [-0.25, -0.2) is 0 Å². The highest BCUT2D eigenvalue weighted by atomic mass is 16.3. The van der Waals surface area contributed by atoms with Crippen LogP contribution in [0.2, 0.25) is 0 Å². The summed E-state index contributed by atoms with van der Waals surface area (Å²) in [6.45, 7) is 5.74. The quantitative estimate of drug-likeness (QED) is 0.845. The average molecular weight is 290 g/mol. The van der Waals surface area contributed by atoms with Crippen molar-refractivity contribution in [2.75, 3.05) is 6.54 Å². The molecule has 1 saturated carbocycles. The van der Waals surface area contributed by atoms with Crippen molar-refractivity contribution in [1.82, 2.24) is 4.90 Å². The number of hydrogen-bond donors (Lipinski definition) is 2. The van der Waals surface area contributed by atoms with Crippen molar-refractivity contribution < 1.29 is 5.11 Å². The molecule has 0 aromatic heterocycles. The van der Waals surface area contributed by atoms with Crippen LogP contribution in [-0.2, 0) is 6.42 Å². The Kier molecular flexibility index (Phi) is 6.07. The van der Waals surface area contributed by atoms with Crippen LogP contribution in [-0.4, -0.2) is 34.7 Å². The molecular weight excluding hydrogens is 260 g/mol. The number of aromatic hydroxyl groups is 1. The fourth-order valence-corrected chi connectivity index (χ4v) is 3.57. The summed E-state index contributed by atoms with van der Waals surface area (Å²) in [5.74, 6) is 0.348. The third-order valence-corrected chi connectivity index (χ3v) is 4.93. The lowest BCUT2D eigenvalue weighted by atomic mass is 9.89. The summed E-state index contributed by atoms with van der Waals surface area (Å²) >= 11 is 0. The molecule has 0 heterocycles. The van der Waals surface area contributed by atoms with Crippen LogP contribution in [0.1, 0.15) is 51.5 Å². The maximum Gasteiger partial charge on any atom is 0.115 e. The lowest BCUT2D eigenvalue weighted by Gasteiger charge is -2.39. The van der Waals surface area contributed by atoms with Gasteiger partial charge in [-0.1, -0.05) is 19.1 Å². The predicted octanol–water partition coefficient (Wildman–Crippen LogP) is 3.31. The van der Waals surface area contributed by atoms with Crippen molar-refractivity contribution in [1.29, 1.82) is 0 Å². The summed E-state index contributed by atoms with van der Waals surface area (Å²) < 4.78 is 0. The zero-order valence-corrected chi connectivity index (χ0v) is 13.5. The average Bonchev–Trinajstić information content (AvgIpc) is 2.49. The SMILES string of the molecule is CCN(C(C)CCc1ccc(O)cc1)C1CCC(N)CC1. The summed E-state index contributed by atoms with van der Waals surface area (Å²) in [5.41, 5.74) is 7.33. The lowest BCUT2D eigenvalue weighted by molar-refractivity contribution is 0.109. The van der Waals surface area contributed by atoms with E-state index < -0.39 is 0 Å². The third kappa shape index (κ3) is 4.72. The molecule has 0 spiro atoms. The van der Waals surface area contributed by atoms with Crippen LogP contribution in [0, 0.1) is 0 Å². The van der Waals surface area contributed by atoms with Crippen molar-refractivity contribution in [2.45, 2.75) is 70.5 Å². The lowest BCUT2D eigenvalue weighted by Crippen LogP contribution is -2.45. The first kappa shape index (κ1) is 16.3. The summed E-state index contributed by atoms with van der Waals surface area (Å²) in [5, 5.41) is 9.33. The van der Waals surface area contributed by atoms with Crippen LogP contribution in [0.15, 0.2) is 24.3 Å². The summed E-state index contributed by atoms with van der Waals surface area (Å²) in [6.07, 6.45) is 7.08. The summed E-state index contributed by atoms with van der Waals surface area (Å²) in [6, 6.07) is 9.34. The molecule has 0 radical (unpaired) electrons. The van der Waals surface area contributed by atoms with Crippen LogP contribution in [0.3, 0.4) is 0 Å². The topological polar surface area (TPSA) is 49.5 Å². The normalized spacial score (nSPS) is 24.2. The van der Waals surface area contributed by atoms with Gasteiger partial charge >= 0.3 is 0 Å². The summed E-state index contributed by atoms with van der Waals surface area (Å²) in [4.78, 5) is 2.66. The van der Waals surface area contributed by atoms with E-state index in [9.17, 15) is 5.11 Å². The van der Waals surface area contributed by atoms with Crippen LogP contribution in [0.25, 0.3) is 0 Å². The maximum absolute atomic E-state index is 9.33. The first-order valence-corrected chi connectivity index (χ1v) is 8.39. The third-order valence-electron chi connectivity index (χ3n) is 4.93. The predicted molar refractivity (Wildman–Crippen MR) is 88.5 cm³/mol. The molecule has 0 bridgehead atoms. The molecule has 21 heavy (non-hydrogen) atoms. The van der Waals surface area contributed by atoms with E-state index in [2.05, 4.69) is 18.7 Å². The second kappa shape index (κ2) is 7.81. The van der Waals surface area contributed by atoms with Crippen molar-refractivity contribution in [3.05, 3.63) is 29.8 Å². The van der Waals surface area contributed by atoms with Gasteiger partial charge in [0.15, 0.2) is 0 Å². The van der Waals surface area contributed by atoms with E-state index in [1.54, 1.807) is 12.1 Å². The number of nitrogens with zero attached hydrogens (tertiary/aromatic N) is 1. The van der Waals surface area contributed by atoms with Crippen LogP contribution >= 0.6 is 0 Å². The highest BCUT2D eigenvalue weighted by molar-refractivity contribution is 5.25. The fraction of sp³-hybridized carbons (Fsp3) is 0.667. The standard InChI is InChI=1S/C18H30N2O/c1-3-20(17-10-8-16(19)9-11-17)14(2)4-5-15-6-12-18(21)13-7-15/h6-7,12-14,16-17,21H,3-5,8-11,19H2,1-2H3. The Hall–Kier alpha value is -1.06. The van der Waals surface area contributed by atoms with Gasteiger partial charge in [-0.15, -0.1) is 0 Å². The highest BCUT2D eigenvalue weighted by Crippen LogP contribution is 2.25. The van der Waals surface area contributed by atoms with Crippen molar-refractivity contribution in [2.24, 2.45) is 5.73 Å². The Morgan fingerprint density at radius 1 is 1.19 bits per heavy atom. The smallest absolute Gasteiger partial charge is 0.115 e. The molecule has 1 fully saturated rings. The minimum atomic E-state index is 0.348. The molecule has 0 amide bonds. The molecule has 2 rings (SSSR count). The van der Waals surface area contributed by atoms with Crippen LogP contribution in [0.5, 0.6) is 5.75 Å². The number of rotatable bonds is 6. The van der Waals surface area contributed by atoms with Gasteiger partial charge in [0.2, 0.25) is 0 Å². The zero-order chi connectivity index (χ0) is 15.2. The van der Waals surface area contributed by atoms with Crippen molar-refractivity contribution in [3.63, 3.8) is 0 Å². The Morgan fingerprint density at radius 2 is 1.81 bits per heavy atom. The van der Waals surface area contributed by atoms with Gasteiger partial charge in [0, 0.05) is 18.1 Å². The van der Waals surface area contributed by atoms with Gasteiger partial charge in [-0.2, -0.15) is 0 Å². The molecule has 1 aromatic carbocycles. The molecule has 3 nitrogen and oxygen atoms in total. The number of benzene rings is 1. The number of phenolic OH excluding ortho intramolecular Hbond substituents is 1. The first-order valence-electron chi connectivity index (χ1n) is 8.39. The van der Waals surface area contributed by atoms with Gasteiger partial charge in [0.05, 0.1) is 0 Å². The number of nitrogens with two attached hydrogens (primary N) is 1. The molecule has 118 valence electrons. The van der Waals surface area contributed by atoms with E-state index in [0.717, 1.165) is 13.0 Å². The molecule has 0 saturated heterocycles. The zero-order valence-electron chi connectivity index (χ0n) is 13.5. The minimum Gasteiger partial charge on any atom is -0.508 e. The van der Waals surface area contributed by atoms with Gasteiger partial charge in [0.25, 0.3) is 0 Å². The largest absolute Gasteiger partial charge is 0.508 e. The van der Waals surface area contributed by atoms with Gasteiger partial charge in [-0.3, -0.25) is 4.90 Å². The van der Waals surface area contributed by atoms with E-state index in [0.29, 0.717) is 23.9 Å². The number of aryl methyl sites for hydroxylation is 1. The Morgan fingerprint density at radius 3 is 2.38 bits per heavy atom. The second-order valence-corrected chi connectivity index (χ2v) is 6.45. The summed E-state index contributed by atoms with van der Waals surface area (Å²) in [7, 11) is 0. The second-order valence-electron chi connectivity index (χ2n) is 6.45. The van der Waals surface area contributed by atoms with E-state index in [1.807, 2.05) is 12.1 Å². The van der Waals surface area contributed by atoms with E-state index >= 15 is 0 Å². The van der Waals surface area contributed by atoms with Crippen molar-refractivity contribution in [3.8, 4) is 5.75 Å². The van der Waals surface area contributed by atoms with E-state index in [4.69, 9.17) is 5.73 Å². The molecule has 3 N–H and O–H groups in total. The molecular formula is C18H30N2O.